The molecule has 0 aliphatic rings. The minimum absolute atomic E-state index is 0.182. The summed E-state index contributed by atoms with van der Waals surface area (Å²) in [7, 11) is 1.72. The van der Waals surface area contributed by atoms with Crippen molar-refractivity contribution in [2.24, 2.45) is 0 Å². The zero-order chi connectivity index (χ0) is 15.8. The van der Waals surface area contributed by atoms with Crippen LogP contribution in [0.15, 0.2) is 30.3 Å². The van der Waals surface area contributed by atoms with Crippen LogP contribution < -0.4 is 5.32 Å². The van der Waals surface area contributed by atoms with E-state index in [4.69, 9.17) is 0 Å². The van der Waals surface area contributed by atoms with Crippen molar-refractivity contribution in [1.29, 1.82) is 0 Å². The zero-order valence-electron chi connectivity index (χ0n) is 12.4. The fourth-order valence-electron chi connectivity index (χ4n) is 1.94. The molecule has 1 heterocycles. The molecule has 0 fully saturated rings. The normalized spacial score (nSPS) is 12.5. The maximum atomic E-state index is 12.8. The van der Waals surface area contributed by atoms with E-state index in [1.54, 1.807) is 13.1 Å². The summed E-state index contributed by atoms with van der Waals surface area (Å²) in [5.41, 5.74) is 0.321. The van der Waals surface area contributed by atoms with Crippen LogP contribution in [0.25, 0.3) is 5.69 Å². The highest BCUT2D eigenvalue weighted by molar-refractivity contribution is 5.48. The Labute approximate surface area is 121 Å². The van der Waals surface area contributed by atoms with Crippen LogP contribution in [0.3, 0.4) is 0 Å². The fourth-order valence-corrected chi connectivity index (χ4v) is 1.94. The fraction of sp³-hybridized carbons (Fsp3) is 0.400. The summed E-state index contributed by atoms with van der Waals surface area (Å²) in [6.45, 7) is 6.02. The largest absolute Gasteiger partial charge is 0.416 e. The van der Waals surface area contributed by atoms with E-state index in [0.717, 1.165) is 17.8 Å². The van der Waals surface area contributed by atoms with Crippen LogP contribution in [-0.4, -0.2) is 16.8 Å². The molecule has 1 aromatic heterocycles. The van der Waals surface area contributed by atoms with Gasteiger partial charge in [-0.05, 0) is 18.2 Å². The second-order valence-corrected chi connectivity index (χ2v) is 5.87. The highest BCUT2D eigenvalue weighted by atomic mass is 19.4. The number of nitrogens with zero attached hydrogens (tertiary/aromatic N) is 2. The van der Waals surface area contributed by atoms with Crippen LogP contribution in [0.4, 0.5) is 19.0 Å². The Morgan fingerprint density at radius 1 is 1.10 bits per heavy atom. The smallest absolute Gasteiger partial charge is 0.373 e. The summed E-state index contributed by atoms with van der Waals surface area (Å²) in [5.74, 6) is 0.652. The summed E-state index contributed by atoms with van der Waals surface area (Å²) < 4.78 is 39.9. The van der Waals surface area contributed by atoms with Crippen molar-refractivity contribution in [3.8, 4) is 5.69 Å². The number of hydrogen-bond donors (Lipinski definition) is 1. The van der Waals surface area contributed by atoms with Gasteiger partial charge in [0.1, 0.15) is 5.82 Å². The lowest BCUT2D eigenvalue weighted by molar-refractivity contribution is -0.137. The van der Waals surface area contributed by atoms with Crippen molar-refractivity contribution in [1.82, 2.24) is 9.78 Å². The van der Waals surface area contributed by atoms with Gasteiger partial charge in [0.15, 0.2) is 0 Å². The number of rotatable bonds is 2. The first kappa shape index (κ1) is 15.4. The summed E-state index contributed by atoms with van der Waals surface area (Å²) in [5, 5.41) is 7.40. The SMILES string of the molecule is CNc1cc(C(C)(C)C)nn1-c1cccc(C(F)(F)F)c1. The first-order valence-electron chi connectivity index (χ1n) is 6.59. The van der Waals surface area contributed by atoms with Gasteiger partial charge in [0.2, 0.25) is 0 Å². The van der Waals surface area contributed by atoms with E-state index >= 15 is 0 Å². The minimum atomic E-state index is -4.37. The molecule has 0 unspecified atom stereocenters. The highest BCUT2D eigenvalue weighted by Crippen LogP contribution is 2.31. The molecule has 0 saturated heterocycles. The monoisotopic (exact) mass is 297 g/mol. The van der Waals surface area contributed by atoms with Gasteiger partial charge in [-0.3, -0.25) is 0 Å². The zero-order valence-corrected chi connectivity index (χ0v) is 12.4. The Kier molecular flexibility index (Phi) is 3.74. The Bertz CT molecular complexity index is 636. The minimum Gasteiger partial charge on any atom is -0.373 e. The average molecular weight is 297 g/mol. The van der Waals surface area contributed by atoms with Crippen LogP contribution in [0.1, 0.15) is 32.0 Å². The predicted octanol–water partition coefficient (Wildman–Crippen LogP) is 4.23. The number of aromatic nitrogens is 2. The number of anilines is 1. The third-order valence-corrected chi connectivity index (χ3v) is 3.15. The maximum Gasteiger partial charge on any atom is 0.416 e. The summed E-state index contributed by atoms with van der Waals surface area (Å²) in [6.07, 6.45) is -4.37. The van der Waals surface area contributed by atoms with Gasteiger partial charge in [-0.15, -0.1) is 0 Å². The Morgan fingerprint density at radius 3 is 2.29 bits per heavy atom. The number of halogens is 3. The van der Waals surface area contributed by atoms with Gasteiger partial charge < -0.3 is 5.32 Å². The number of nitrogens with one attached hydrogen (secondary N) is 1. The molecule has 0 bridgehead atoms. The van der Waals surface area contributed by atoms with Gasteiger partial charge in [0.25, 0.3) is 0 Å². The maximum absolute atomic E-state index is 12.8. The van der Waals surface area contributed by atoms with E-state index in [2.05, 4.69) is 10.4 Å². The Balaban J connectivity index is 2.54. The molecular formula is C15H18F3N3. The summed E-state index contributed by atoms with van der Waals surface area (Å²) in [4.78, 5) is 0. The third-order valence-electron chi connectivity index (χ3n) is 3.15. The van der Waals surface area contributed by atoms with Crippen molar-refractivity contribution >= 4 is 5.82 Å². The van der Waals surface area contributed by atoms with Crippen molar-refractivity contribution in [3.05, 3.63) is 41.6 Å². The first-order chi connectivity index (χ1) is 9.63. The third kappa shape index (κ3) is 3.20. The Morgan fingerprint density at radius 2 is 1.76 bits per heavy atom. The molecule has 114 valence electrons. The molecule has 6 heteroatoms. The molecule has 0 radical (unpaired) electrons. The van der Waals surface area contributed by atoms with Crippen LogP contribution in [0.2, 0.25) is 0 Å². The lowest BCUT2D eigenvalue weighted by atomic mass is 9.92. The van der Waals surface area contributed by atoms with Crippen molar-refractivity contribution in [3.63, 3.8) is 0 Å². The van der Waals surface area contributed by atoms with E-state index < -0.39 is 11.7 Å². The number of hydrogen-bond acceptors (Lipinski definition) is 2. The standard InChI is InChI=1S/C15H18F3N3/c1-14(2,3)12-9-13(19-4)21(20-12)11-7-5-6-10(8-11)15(16,17)18/h5-9,19H,1-4H3. The molecule has 2 rings (SSSR count). The van der Waals surface area contributed by atoms with E-state index in [-0.39, 0.29) is 5.41 Å². The van der Waals surface area contributed by atoms with Crippen LogP contribution in [0, 0.1) is 0 Å². The van der Waals surface area contributed by atoms with Gasteiger partial charge in [-0.25, -0.2) is 4.68 Å². The van der Waals surface area contributed by atoms with E-state index in [9.17, 15) is 13.2 Å². The van der Waals surface area contributed by atoms with Gasteiger partial charge in [0, 0.05) is 18.5 Å². The molecule has 0 aliphatic heterocycles. The van der Waals surface area contributed by atoms with Crippen LogP contribution in [0.5, 0.6) is 0 Å². The van der Waals surface area contributed by atoms with E-state index in [1.165, 1.54) is 10.7 Å². The molecular weight excluding hydrogens is 279 g/mol. The molecule has 21 heavy (non-hydrogen) atoms. The summed E-state index contributed by atoms with van der Waals surface area (Å²) in [6, 6.07) is 6.99. The molecule has 0 spiro atoms. The van der Waals surface area contributed by atoms with Gasteiger partial charge in [0.05, 0.1) is 16.9 Å². The molecule has 1 N–H and O–H groups in total. The van der Waals surface area contributed by atoms with Crippen LogP contribution >= 0.6 is 0 Å². The second-order valence-electron chi connectivity index (χ2n) is 5.87. The van der Waals surface area contributed by atoms with Gasteiger partial charge in [-0.2, -0.15) is 18.3 Å². The van der Waals surface area contributed by atoms with Crippen LogP contribution in [-0.2, 0) is 11.6 Å². The van der Waals surface area contributed by atoms with E-state index in [0.29, 0.717) is 11.5 Å². The quantitative estimate of drug-likeness (QED) is 0.899. The van der Waals surface area contributed by atoms with Gasteiger partial charge >= 0.3 is 6.18 Å². The molecule has 2 aromatic rings. The molecule has 1 aromatic carbocycles. The van der Waals surface area contributed by atoms with E-state index in [1.807, 2.05) is 26.8 Å². The molecule has 0 atom stereocenters. The first-order valence-corrected chi connectivity index (χ1v) is 6.59. The topological polar surface area (TPSA) is 29.9 Å². The van der Waals surface area contributed by atoms with Crippen molar-refractivity contribution < 1.29 is 13.2 Å². The Hall–Kier alpha value is -1.98. The number of benzene rings is 1. The highest BCUT2D eigenvalue weighted by Gasteiger charge is 2.31. The predicted molar refractivity (Wildman–Crippen MR) is 76.8 cm³/mol. The number of alkyl halides is 3. The van der Waals surface area contributed by atoms with Gasteiger partial charge in [-0.1, -0.05) is 26.8 Å². The summed E-state index contributed by atoms with van der Waals surface area (Å²) >= 11 is 0. The molecule has 0 saturated carbocycles. The second kappa shape index (κ2) is 5.09. The molecule has 3 nitrogen and oxygen atoms in total. The molecule has 0 aliphatic carbocycles. The molecule has 0 amide bonds. The van der Waals surface area contributed by atoms with Crippen molar-refractivity contribution in [2.45, 2.75) is 32.4 Å². The lowest BCUT2D eigenvalue weighted by Crippen LogP contribution is -2.13. The van der Waals surface area contributed by atoms with Crippen molar-refractivity contribution in [2.75, 3.05) is 12.4 Å². The average Bonchev–Trinajstić information content (AvgIpc) is 2.82. The lowest BCUT2D eigenvalue weighted by Gasteiger charge is -2.14.